The van der Waals surface area contributed by atoms with Crippen LogP contribution >= 0.6 is 0 Å². The molecule has 0 radical (unpaired) electrons. The van der Waals surface area contributed by atoms with Gasteiger partial charge in [-0.15, -0.1) is 5.92 Å². The third kappa shape index (κ3) is 2.82. The molecule has 1 fully saturated rings. The molecule has 0 saturated heterocycles. The third-order valence-electron chi connectivity index (χ3n) is 3.41. The van der Waals surface area contributed by atoms with E-state index in [-0.39, 0.29) is 11.5 Å². The maximum atomic E-state index is 11.7. The summed E-state index contributed by atoms with van der Waals surface area (Å²) in [6.45, 7) is 5.88. The van der Waals surface area contributed by atoms with E-state index in [4.69, 9.17) is 5.73 Å². The monoisotopic (exact) mass is 207 g/mol. The molecule has 15 heavy (non-hydrogen) atoms. The smallest absolute Gasteiger partial charge is 0.135 e. The molecular weight excluding hydrogens is 186 g/mol. The summed E-state index contributed by atoms with van der Waals surface area (Å²) >= 11 is 0. The highest BCUT2D eigenvalue weighted by atomic mass is 16.1. The molecule has 3 atom stereocenters. The summed E-state index contributed by atoms with van der Waals surface area (Å²) in [5.41, 5.74) is 5.83. The molecule has 2 heteroatoms. The Morgan fingerprint density at radius 1 is 1.60 bits per heavy atom. The van der Waals surface area contributed by atoms with E-state index >= 15 is 0 Å². The fraction of sp³-hybridized carbons (Fsp3) is 0.769. The number of ketones is 1. The number of carbonyl (C=O) groups is 1. The number of rotatable bonds is 2. The second-order valence-corrected chi connectivity index (χ2v) is 4.68. The zero-order valence-electron chi connectivity index (χ0n) is 9.97. The molecule has 0 aromatic heterocycles. The summed E-state index contributed by atoms with van der Waals surface area (Å²) in [6.07, 6.45) is 3.25. The molecule has 0 bridgehead atoms. The van der Waals surface area contributed by atoms with Crippen LogP contribution in [0.1, 0.15) is 46.5 Å². The quantitative estimate of drug-likeness (QED) is 0.705. The number of Topliss-reactive ketones (excluding diaryl/α,β-unsaturated/α-hetero) is 1. The standard InChI is InChI=1S/C13H21NO/c1-4-7-13(14)8-6-11(10(3)9-13)12(15)5-2/h10-11H,5-6,8-9,14H2,1-3H3. The normalized spacial score (nSPS) is 35.5. The number of nitrogens with two attached hydrogens (primary N) is 1. The van der Waals surface area contributed by atoms with Crippen LogP contribution in [0.2, 0.25) is 0 Å². The van der Waals surface area contributed by atoms with Crippen molar-refractivity contribution in [3.63, 3.8) is 0 Å². The largest absolute Gasteiger partial charge is 0.315 e. The molecule has 1 aliphatic carbocycles. The molecule has 84 valence electrons. The highest BCUT2D eigenvalue weighted by Gasteiger charge is 2.37. The van der Waals surface area contributed by atoms with Gasteiger partial charge in [0.2, 0.25) is 0 Å². The first-order valence-corrected chi connectivity index (χ1v) is 5.78. The third-order valence-corrected chi connectivity index (χ3v) is 3.41. The van der Waals surface area contributed by atoms with Crippen LogP contribution in [0.5, 0.6) is 0 Å². The lowest BCUT2D eigenvalue weighted by atomic mass is 9.69. The topological polar surface area (TPSA) is 43.1 Å². The van der Waals surface area contributed by atoms with Crippen LogP contribution in [0.25, 0.3) is 0 Å². The van der Waals surface area contributed by atoms with Crippen molar-refractivity contribution >= 4 is 5.78 Å². The first-order valence-electron chi connectivity index (χ1n) is 5.78. The van der Waals surface area contributed by atoms with Crippen molar-refractivity contribution < 1.29 is 4.79 Å². The van der Waals surface area contributed by atoms with Gasteiger partial charge in [0.25, 0.3) is 0 Å². The molecular formula is C13H21NO. The molecule has 1 aliphatic rings. The molecule has 0 aromatic carbocycles. The maximum Gasteiger partial charge on any atom is 0.135 e. The lowest BCUT2D eigenvalue weighted by Crippen LogP contribution is -2.46. The molecule has 0 amide bonds. The summed E-state index contributed by atoms with van der Waals surface area (Å²) in [5, 5.41) is 0. The van der Waals surface area contributed by atoms with E-state index in [0.717, 1.165) is 19.3 Å². The van der Waals surface area contributed by atoms with Gasteiger partial charge in [0.15, 0.2) is 0 Å². The summed E-state index contributed by atoms with van der Waals surface area (Å²) in [4.78, 5) is 11.7. The Morgan fingerprint density at radius 3 is 2.73 bits per heavy atom. The fourth-order valence-corrected chi connectivity index (χ4v) is 2.62. The Kier molecular flexibility index (Phi) is 3.93. The molecule has 0 aliphatic heterocycles. The highest BCUT2D eigenvalue weighted by molar-refractivity contribution is 5.81. The van der Waals surface area contributed by atoms with Gasteiger partial charge in [0.1, 0.15) is 5.78 Å². The maximum absolute atomic E-state index is 11.7. The second kappa shape index (κ2) is 4.81. The SMILES string of the molecule is CC#CC1(N)CCC(C(=O)CC)C(C)C1. The average molecular weight is 207 g/mol. The number of hydrogen-bond donors (Lipinski definition) is 1. The van der Waals surface area contributed by atoms with Gasteiger partial charge in [0, 0.05) is 12.3 Å². The van der Waals surface area contributed by atoms with Gasteiger partial charge >= 0.3 is 0 Å². The van der Waals surface area contributed by atoms with E-state index in [2.05, 4.69) is 18.8 Å². The first-order chi connectivity index (χ1) is 7.02. The predicted octanol–water partition coefficient (Wildman–Crippen LogP) is 2.12. The van der Waals surface area contributed by atoms with Crippen molar-refractivity contribution in [2.24, 2.45) is 17.6 Å². The van der Waals surface area contributed by atoms with E-state index in [1.807, 2.05) is 13.8 Å². The molecule has 1 rings (SSSR count). The van der Waals surface area contributed by atoms with Gasteiger partial charge in [-0.3, -0.25) is 4.79 Å². The Morgan fingerprint density at radius 2 is 2.27 bits per heavy atom. The van der Waals surface area contributed by atoms with Crippen LogP contribution in [-0.4, -0.2) is 11.3 Å². The van der Waals surface area contributed by atoms with Gasteiger partial charge < -0.3 is 5.73 Å². The van der Waals surface area contributed by atoms with Crippen LogP contribution < -0.4 is 5.73 Å². The average Bonchev–Trinajstić information content (AvgIpc) is 2.17. The second-order valence-electron chi connectivity index (χ2n) is 4.68. The van der Waals surface area contributed by atoms with Gasteiger partial charge in [-0.1, -0.05) is 19.8 Å². The molecule has 0 spiro atoms. The minimum Gasteiger partial charge on any atom is -0.315 e. The fourth-order valence-electron chi connectivity index (χ4n) is 2.62. The zero-order valence-corrected chi connectivity index (χ0v) is 9.97. The predicted molar refractivity (Wildman–Crippen MR) is 62.2 cm³/mol. The van der Waals surface area contributed by atoms with Gasteiger partial charge in [-0.05, 0) is 32.1 Å². The van der Waals surface area contributed by atoms with Crippen molar-refractivity contribution in [1.82, 2.24) is 0 Å². The molecule has 1 saturated carbocycles. The van der Waals surface area contributed by atoms with E-state index in [0.29, 0.717) is 18.1 Å². The van der Waals surface area contributed by atoms with Crippen LogP contribution in [-0.2, 0) is 4.79 Å². The zero-order chi connectivity index (χ0) is 11.5. The summed E-state index contributed by atoms with van der Waals surface area (Å²) in [6, 6.07) is 0. The van der Waals surface area contributed by atoms with Crippen molar-refractivity contribution in [1.29, 1.82) is 0 Å². The summed E-state index contributed by atoms with van der Waals surface area (Å²) in [7, 11) is 0. The van der Waals surface area contributed by atoms with Crippen molar-refractivity contribution in [3.05, 3.63) is 0 Å². The molecule has 2 N–H and O–H groups in total. The Hall–Kier alpha value is -0.810. The Labute approximate surface area is 92.6 Å². The van der Waals surface area contributed by atoms with Crippen molar-refractivity contribution in [3.8, 4) is 11.8 Å². The minimum atomic E-state index is -0.349. The molecule has 0 aromatic rings. The Balaban J connectivity index is 2.69. The number of carbonyl (C=O) groups excluding carboxylic acids is 1. The van der Waals surface area contributed by atoms with Crippen molar-refractivity contribution in [2.75, 3.05) is 0 Å². The molecule has 0 heterocycles. The van der Waals surface area contributed by atoms with Crippen LogP contribution in [0.15, 0.2) is 0 Å². The van der Waals surface area contributed by atoms with Crippen molar-refractivity contribution in [2.45, 2.75) is 52.0 Å². The highest BCUT2D eigenvalue weighted by Crippen LogP contribution is 2.35. The van der Waals surface area contributed by atoms with Gasteiger partial charge in [-0.2, -0.15) is 0 Å². The number of hydrogen-bond acceptors (Lipinski definition) is 2. The van der Waals surface area contributed by atoms with Crippen LogP contribution in [0.4, 0.5) is 0 Å². The van der Waals surface area contributed by atoms with E-state index < -0.39 is 0 Å². The van der Waals surface area contributed by atoms with E-state index in [1.54, 1.807) is 0 Å². The first kappa shape index (κ1) is 12.3. The lowest BCUT2D eigenvalue weighted by Gasteiger charge is -2.37. The van der Waals surface area contributed by atoms with Gasteiger partial charge in [-0.25, -0.2) is 0 Å². The summed E-state index contributed by atoms with van der Waals surface area (Å²) in [5.74, 6) is 6.95. The lowest BCUT2D eigenvalue weighted by molar-refractivity contribution is -0.125. The summed E-state index contributed by atoms with van der Waals surface area (Å²) < 4.78 is 0. The molecule has 3 unspecified atom stereocenters. The van der Waals surface area contributed by atoms with Gasteiger partial charge in [0.05, 0.1) is 5.54 Å². The van der Waals surface area contributed by atoms with Crippen LogP contribution in [0, 0.1) is 23.7 Å². The molecule has 2 nitrogen and oxygen atoms in total. The minimum absolute atomic E-state index is 0.213. The van der Waals surface area contributed by atoms with E-state index in [1.165, 1.54) is 0 Å². The Bertz CT molecular complexity index is 299. The van der Waals surface area contributed by atoms with E-state index in [9.17, 15) is 4.79 Å². The van der Waals surface area contributed by atoms with Crippen LogP contribution in [0.3, 0.4) is 0 Å².